The van der Waals surface area contributed by atoms with E-state index in [2.05, 4.69) is 9.36 Å². The molecule has 1 aromatic heterocycles. The molecule has 1 aromatic carbocycles. The van der Waals surface area contributed by atoms with Gasteiger partial charge in [0, 0.05) is 10.6 Å². The third-order valence-electron chi connectivity index (χ3n) is 2.02. The molecule has 6 nitrogen and oxygen atoms in total. The minimum Gasteiger partial charge on any atom is -0.398 e. The third kappa shape index (κ3) is 2.99. The average molecular weight is 302 g/mol. The van der Waals surface area contributed by atoms with Gasteiger partial charge < -0.3 is 5.73 Å². The van der Waals surface area contributed by atoms with E-state index in [0.29, 0.717) is 11.5 Å². The van der Waals surface area contributed by atoms with Crippen molar-refractivity contribution in [3.8, 4) is 0 Å². The molecule has 2 rings (SSSR count). The fourth-order valence-electron chi connectivity index (χ4n) is 1.21. The Morgan fingerprint density at radius 1 is 1.39 bits per heavy atom. The van der Waals surface area contributed by atoms with Crippen LogP contribution < -0.4 is 10.9 Å². The number of aromatic nitrogens is 2. The molecule has 1 heterocycles. The summed E-state index contributed by atoms with van der Waals surface area (Å²) in [7, 11) is -3.73. The Kier molecular flexibility index (Phi) is 3.57. The van der Waals surface area contributed by atoms with Crippen molar-refractivity contribution >= 4 is 39.0 Å². The highest BCUT2D eigenvalue weighted by molar-refractivity contribution is 8.01. The second-order valence-corrected chi connectivity index (χ2v) is 7.06. The molecule has 0 bridgehead atoms. The fraction of sp³-hybridized carbons (Fsp3) is 0.111. The van der Waals surface area contributed by atoms with Crippen molar-refractivity contribution in [1.82, 2.24) is 9.36 Å². The van der Waals surface area contributed by atoms with E-state index in [1.807, 2.05) is 0 Å². The average Bonchev–Trinajstić information content (AvgIpc) is 2.65. The Labute approximate surface area is 113 Å². The van der Waals surface area contributed by atoms with E-state index in [4.69, 9.17) is 10.9 Å². The lowest BCUT2D eigenvalue weighted by atomic mass is 10.3. The largest absolute Gasteiger partial charge is 0.398 e. The number of nitrogens with zero attached hydrogens (tertiary/aromatic N) is 2. The molecule has 0 atom stereocenters. The van der Waals surface area contributed by atoms with E-state index in [-0.39, 0.29) is 4.90 Å². The van der Waals surface area contributed by atoms with Crippen LogP contribution in [0.5, 0.6) is 0 Å². The third-order valence-corrected chi connectivity index (χ3v) is 4.86. The van der Waals surface area contributed by atoms with Gasteiger partial charge in [-0.15, -0.1) is 0 Å². The molecule has 0 aliphatic carbocycles. The number of hydrogen-bond donors (Lipinski definition) is 2. The number of benzene rings is 1. The zero-order valence-corrected chi connectivity index (χ0v) is 11.8. The zero-order valence-electron chi connectivity index (χ0n) is 9.32. The van der Waals surface area contributed by atoms with Crippen LogP contribution in [0.3, 0.4) is 0 Å². The molecule has 0 aliphatic heterocycles. The normalized spacial score (nSPS) is 11.7. The molecule has 0 aliphatic rings. The van der Waals surface area contributed by atoms with Crippen molar-refractivity contribution in [2.24, 2.45) is 5.14 Å². The number of primary sulfonamides is 1. The van der Waals surface area contributed by atoms with Crippen LogP contribution in [0, 0.1) is 6.92 Å². The lowest BCUT2D eigenvalue weighted by Gasteiger charge is -2.04. The highest BCUT2D eigenvalue weighted by Crippen LogP contribution is 2.33. The van der Waals surface area contributed by atoms with Gasteiger partial charge in [0.15, 0.2) is 4.34 Å². The summed E-state index contributed by atoms with van der Waals surface area (Å²) in [6.07, 6.45) is 0. The van der Waals surface area contributed by atoms with Crippen molar-refractivity contribution in [2.75, 3.05) is 5.73 Å². The Hall–Kier alpha value is -1.16. The second-order valence-electron chi connectivity index (χ2n) is 3.45. The molecule has 0 amide bonds. The second kappa shape index (κ2) is 4.84. The summed E-state index contributed by atoms with van der Waals surface area (Å²) in [6, 6.07) is 4.37. The van der Waals surface area contributed by atoms with Crippen LogP contribution in [0.4, 0.5) is 5.69 Å². The molecule has 0 saturated carbocycles. The molecule has 0 saturated heterocycles. The van der Waals surface area contributed by atoms with E-state index < -0.39 is 10.0 Å². The molecule has 0 unspecified atom stereocenters. The van der Waals surface area contributed by atoms with Gasteiger partial charge in [0.05, 0.1) is 4.90 Å². The van der Waals surface area contributed by atoms with Crippen molar-refractivity contribution in [3.63, 3.8) is 0 Å². The topological polar surface area (TPSA) is 112 Å². The maximum absolute atomic E-state index is 11.2. The van der Waals surface area contributed by atoms with Gasteiger partial charge in [-0.05, 0) is 36.7 Å². The molecular formula is C9H10N4O2S3. The molecule has 0 radical (unpaired) electrons. The maximum Gasteiger partial charge on any atom is 0.238 e. The number of nitrogen functional groups attached to an aromatic ring is 1. The molecule has 0 fully saturated rings. The molecule has 4 N–H and O–H groups in total. The van der Waals surface area contributed by atoms with Crippen molar-refractivity contribution < 1.29 is 8.42 Å². The zero-order chi connectivity index (χ0) is 13.3. The van der Waals surface area contributed by atoms with E-state index in [1.165, 1.54) is 35.4 Å². The quantitative estimate of drug-likeness (QED) is 0.825. The minimum atomic E-state index is -3.73. The lowest BCUT2D eigenvalue weighted by Crippen LogP contribution is -2.12. The summed E-state index contributed by atoms with van der Waals surface area (Å²) >= 11 is 2.60. The molecule has 0 spiro atoms. The van der Waals surface area contributed by atoms with Gasteiger partial charge in [-0.2, -0.15) is 4.37 Å². The van der Waals surface area contributed by atoms with Gasteiger partial charge in [-0.25, -0.2) is 18.5 Å². The number of rotatable bonds is 3. The van der Waals surface area contributed by atoms with Gasteiger partial charge in [0.25, 0.3) is 0 Å². The number of hydrogen-bond acceptors (Lipinski definition) is 7. The Balaban J connectivity index is 2.31. The lowest BCUT2D eigenvalue weighted by molar-refractivity contribution is 0.598. The molecular weight excluding hydrogens is 292 g/mol. The first-order valence-corrected chi connectivity index (χ1v) is 7.90. The summed E-state index contributed by atoms with van der Waals surface area (Å²) in [5.41, 5.74) is 6.13. The standard InChI is InChI=1S/C9H10N4O2S3/c1-5-12-9(17-13-5)16-8-3-2-6(4-7(8)10)18(11,14)15/h2-4H,10H2,1H3,(H2,11,14,15). The summed E-state index contributed by atoms with van der Waals surface area (Å²) < 4.78 is 27.1. The maximum atomic E-state index is 11.2. The Morgan fingerprint density at radius 3 is 2.61 bits per heavy atom. The van der Waals surface area contributed by atoms with Crippen LogP contribution in [-0.2, 0) is 10.0 Å². The Morgan fingerprint density at radius 2 is 2.11 bits per heavy atom. The fourth-order valence-corrected chi connectivity index (χ4v) is 3.39. The van der Waals surface area contributed by atoms with Crippen molar-refractivity contribution in [2.45, 2.75) is 21.1 Å². The van der Waals surface area contributed by atoms with Gasteiger partial charge in [-0.3, -0.25) is 0 Å². The smallest absolute Gasteiger partial charge is 0.238 e. The number of aryl methyl sites for hydroxylation is 1. The van der Waals surface area contributed by atoms with E-state index in [0.717, 1.165) is 9.24 Å². The van der Waals surface area contributed by atoms with Crippen molar-refractivity contribution in [3.05, 3.63) is 24.0 Å². The molecule has 2 aromatic rings. The highest BCUT2D eigenvalue weighted by atomic mass is 32.2. The van der Waals surface area contributed by atoms with Crippen LogP contribution in [0.15, 0.2) is 32.3 Å². The first-order chi connectivity index (χ1) is 8.36. The first kappa shape index (κ1) is 13.3. The number of sulfonamides is 1. The van der Waals surface area contributed by atoms with Gasteiger partial charge >= 0.3 is 0 Å². The van der Waals surface area contributed by atoms with E-state index >= 15 is 0 Å². The predicted molar refractivity (Wildman–Crippen MR) is 71.0 cm³/mol. The molecule has 18 heavy (non-hydrogen) atoms. The molecule has 9 heteroatoms. The van der Waals surface area contributed by atoms with Gasteiger partial charge in [0.2, 0.25) is 10.0 Å². The van der Waals surface area contributed by atoms with Crippen molar-refractivity contribution in [1.29, 1.82) is 0 Å². The number of anilines is 1. The van der Waals surface area contributed by atoms with Crippen LogP contribution in [0.25, 0.3) is 0 Å². The van der Waals surface area contributed by atoms with Crippen LogP contribution >= 0.6 is 23.3 Å². The highest BCUT2D eigenvalue weighted by Gasteiger charge is 2.12. The summed E-state index contributed by atoms with van der Waals surface area (Å²) in [5.74, 6) is 0.697. The molecule has 96 valence electrons. The van der Waals surface area contributed by atoms with Gasteiger partial charge in [-0.1, -0.05) is 11.8 Å². The van der Waals surface area contributed by atoms with Crippen LogP contribution in [0.2, 0.25) is 0 Å². The first-order valence-electron chi connectivity index (χ1n) is 4.77. The number of nitrogens with two attached hydrogens (primary N) is 2. The predicted octanol–water partition coefficient (Wildman–Crippen LogP) is 1.23. The Bertz CT molecular complexity index is 681. The minimum absolute atomic E-state index is 0.00204. The van der Waals surface area contributed by atoms with Crippen LogP contribution in [-0.4, -0.2) is 17.8 Å². The SMILES string of the molecule is Cc1nsc(Sc2ccc(S(N)(=O)=O)cc2N)n1. The summed E-state index contributed by atoms with van der Waals surface area (Å²) in [4.78, 5) is 4.91. The van der Waals surface area contributed by atoms with Gasteiger partial charge in [0.1, 0.15) is 5.82 Å². The summed E-state index contributed by atoms with van der Waals surface area (Å²) in [5, 5.41) is 5.02. The summed E-state index contributed by atoms with van der Waals surface area (Å²) in [6.45, 7) is 1.80. The monoisotopic (exact) mass is 302 g/mol. The van der Waals surface area contributed by atoms with E-state index in [9.17, 15) is 8.42 Å². The van der Waals surface area contributed by atoms with Crippen LogP contribution in [0.1, 0.15) is 5.82 Å². The van der Waals surface area contributed by atoms with E-state index in [1.54, 1.807) is 13.0 Å².